The van der Waals surface area contributed by atoms with E-state index in [-0.39, 0.29) is 0 Å². The first-order valence-corrected chi connectivity index (χ1v) is 5.61. The van der Waals surface area contributed by atoms with Gasteiger partial charge in [0.05, 0.1) is 5.69 Å². The highest BCUT2D eigenvalue weighted by Crippen LogP contribution is 2.10. The fraction of sp³-hybridized carbons (Fsp3) is 0.727. The van der Waals surface area contributed by atoms with Gasteiger partial charge in [-0.1, -0.05) is 0 Å². The van der Waals surface area contributed by atoms with E-state index in [1.54, 1.807) is 0 Å². The van der Waals surface area contributed by atoms with Gasteiger partial charge in [-0.3, -0.25) is 9.58 Å². The van der Waals surface area contributed by atoms with Crippen molar-refractivity contribution >= 4 is 0 Å². The quantitative estimate of drug-likeness (QED) is 0.772. The van der Waals surface area contributed by atoms with Crippen molar-refractivity contribution in [1.82, 2.24) is 20.0 Å². The Kier molecular flexibility index (Phi) is 3.07. The fourth-order valence-electron chi connectivity index (χ4n) is 2.07. The molecule has 4 heteroatoms. The summed E-state index contributed by atoms with van der Waals surface area (Å²) in [5.74, 6) is 0. The summed E-state index contributed by atoms with van der Waals surface area (Å²) in [5.41, 5.74) is 1.17. The highest BCUT2D eigenvalue weighted by molar-refractivity contribution is 4.99. The molecule has 1 N–H and O–H groups in total. The summed E-state index contributed by atoms with van der Waals surface area (Å²) >= 11 is 0. The Morgan fingerprint density at radius 2 is 2.33 bits per heavy atom. The standard InChI is InChI=1S/C11H20N4/c1-9-7-15(10(2)6-12-9)8-11-4-5-14(3)13-11/h4-5,9-10,12H,6-8H2,1-3H3. The molecule has 1 fully saturated rings. The van der Waals surface area contributed by atoms with Gasteiger partial charge in [0.2, 0.25) is 0 Å². The van der Waals surface area contributed by atoms with Gasteiger partial charge in [-0.15, -0.1) is 0 Å². The summed E-state index contributed by atoms with van der Waals surface area (Å²) in [6, 6.07) is 3.28. The van der Waals surface area contributed by atoms with Gasteiger partial charge in [-0.2, -0.15) is 5.10 Å². The molecule has 0 aromatic carbocycles. The summed E-state index contributed by atoms with van der Waals surface area (Å²) in [5, 5.41) is 7.90. The van der Waals surface area contributed by atoms with E-state index in [2.05, 4.69) is 35.2 Å². The fourth-order valence-corrected chi connectivity index (χ4v) is 2.07. The summed E-state index contributed by atoms with van der Waals surface area (Å²) in [7, 11) is 1.97. The minimum Gasteiger partial charge on any atom is -0.311 e. The third-order valence-electron chi connectivity index (χ3n) is 3.03. The molecule has 1 aromatic rings. The smallest absolute Gasteiger partial charge is 0.0764 e. The minimum absolute atomic E-state index is 0.588. The highest BCUT2D eigenvalue weighted by atomic mass is 15.3. The molecule has 0 radical (unpaired) electrons. The van der Waals surface area contributed by atoms with E-state index in [1.165, 1.54) is 5.69 Å². The van der Waals surface area contributed by atoms with Crippen LogP contribution in [0, 0.1) is 0 Å². The van der Waals surface area contributed by atoms with Crippen LogP contribution in [0.5, 0.6) is 0 Å². The topological polar surface area (TPSA) is 33.1 Å². The van der Waals surface area contributed by atoms with Crippen LogP contribution in [0.2, 0.25) is 0 Å². The molecule has 0 saturated carbocycles. The molecule has 2 heterocycles. The van der Waals surface area contributed by atoms with Gasteiger partial charge in [0, 0.05) is 45.0 Å². The van der Waals surface area contributed by atoms with Gasteiger partial charge >= 0.3 is 0 Å². The van der Waals surface area contributed by atoms with Gasteiger partial charge in [0.15, 0.2) is 0 Å². The Balaban J connectivity index is 1.98. The Morgan fingerprint density at radius 3 is 3.00 bits per heavy atom. The molecular weight excluding hydrogens is 188 g/mol. The van der Waals surface area contributed by atoms with Crippen LogP contribution in [-0.2, 0) is 13.6 Å². The van der Waals surface area contributed by atoms with Crippen LogP contribution in [0.4, 0.5) is 0 Å². The van der Waals surface area contributed by atoms with Crippen molar-refractivity contribution in [3.63, 3.8) is 0 Å². The first-order chi connectivity index (χ1) is 7.15. The summed E-state index contributed by atoms with van der Waals surface area (Å²) in [6.07, 6.45) is 2.01. The normalized spacial score (nSPS) is 28.2. The van der Waals surface area contributed by atoms with Crippen molar-refractivity contribution in [3.05, 3.63) is 18.0 Å². The molecule has 1 saturated heterocycles. The average Bonchev–Trinajstić information content (AvgIpc) is 2.58. The lowest BCUT2D eigenvalue weighted by Gasteiger charge is -2.37. The summed E-state index contributed by atoms with van der Waals surface area (Å²) < 4.78 is 1.87. The van der Waals surface area contributed by atoms with E-state index in [4.69, 9.17) is 0 Å². The third kappa shape index (κ3) is 2.58. The highest BCUT2D eigenvalue weighted by Gasteiger charge is 2.22. The maximum Gasteiger partial charge on any atom is 0.0764 e. The Labute approximate surface area is 91.3 Å². The van der Waals surface area contributed by atoms with Crippen molar-refractivity contribution in [2.75, 3.05) is 13.1 Å². The lowest BCUT2D eigenvalue weighted by Crippen LogP contribution is -2.53. The monoisotopic (exact) mass is 208 g/mol. The largest absolute Gasteiger partial charge is 0.311 e. The number of aromatic nitrogens is 2. The first-order valence-electron chi connectivity index (χ1n) is 5.61. The van der Waals surface area contributed by atoms with Crippen LogP contribution in [0.1, 0.15) is 19.5 Å². The minimum atomic E-state index is 0.588. The SMILES string of the molecule is CC1CN(Cc2ccn(C)n2)C(C)CN1. The van der Waals surface area contributed by atoms with Gasteiger partial charge < -0.3 is 5.32 Å². The zero-order valence-electron chi connectivity index (χ0n) is 9.77. The number of rotatable bonds is 2. The van der Waals surface area contributed by atoms with E-state index in [0.29, 0.717) is 12.1 Å². The van der Waals surface area contributed by atoms with Crippen molar-refractivity contribution in [1.29, 1.82) is 0 Å². The predicted octanol–water partition coefficient (Wildman–Crippen LogP) is 0.602. The Bertz CT molecular complexity index is 320. The van der Waals surface area contributed by atoms with E-state index >= 15 is 0 Å². The number of piperazine rings is 1. The van der Waals surface area contributed by atoms with E-state index in [0.717, 1.165) is 19.6 Å². The second kappa shape index (κ2) is 4.33. The molecular formula is C11H20N4. The molecule has 2 rings (SSSR count). The second-order valence-electron chi connectivity index (χ2n) is 4.57. The van der Waals surface area contributed by atoms with Crippen molar-refractivity contribution in [2.45, 2.75) is 32.5 Å². The maximum absolute atomic E-state index is 4.42. The Morgan fingerprint density at radius 1 is 1.53 bits per heavy atom. The van der Waals surface area contributed by atoms with Crippen LogP contribution < -0.4 is 5.32 Å². The molecule has 1 aromatic heterocycles. The lowest BCUT2D eigenvalue weighted by atomic mass is 10.1. The summed E-state index contributed by atoms with van der Waals surface area (Å²) in [6.45, 7) is 7.65. The molecule has 0 aliphatic carbocycles. The van der Waals surface area contributed by atoms with Gasteiger partial charge in [0.25, 0.3) is 0 Å². The third-order valence-corrected chi connectivity index (χ3v) is 3.03. The molecule has 0 spiro atoms. The van der Waals surface area contributed by atoms with E-state index < -0.39 is 0 Å². The molecule has 1 aliphatic rings. The maximum atomic E-state index is 4.42. The van der Waals surface area contributed by atoms with Crippen LogP contribution in [0.25, 0.3) is 0 Å². The average molecular weight is 208 g/mol. The lowest BCUT2D eigenvalue weighted by molar-refractivity contribution is 0.137. The molecule has 84 valence electrons. The number of nitrogens with one attached hydrogen (secondary N) is 1. The number of hydrogen-bond donors (Lipinski definition) is 1. The van der Waals surface area contributed by atoms with Crippen LogP contribution >= 0.6 is 0 Å². The van der Waals surface area contributed by atoms with Crippen molar-refractivity contribution in [2.24, 2.45) is 7.05 Å². The first kappa shape index (κ1) is 10.6. The predicted molar refractivity (Wildman–Crippen MR) is 60.5 cm³/mol. The molecule has 15 heavy (non-hydrogen) atoms. The van der Waals surface area contributed by atoms with Crippen LogP contribution in [0.15, 0.2) is 12.3 Å². The molecule has 1 aliphatic heterocycles. The van der Waals surface area contributed by atoms with Crippen LogP contribution in [0.3, 0.4) is 0 Å². The van der Waals surface area contributed by atoms with Crippen molar-refractivity contribution in [3.8, 4) is 0 Å². The number of nitrogens with zero attached hydrogens (tertiary/aromatic N) is 3. The number of hydrogen-bond acceptors (Lipinski definition) is 3. The van der Waals surface area contributed by atoms with E-state index in [9.17, 15) is 0 Å². The van der Waals surface area contributed by atoms with Gasteiger partial charge in [0.1, 0.15) is 0 Å². The zero-order valence-corrected chi connectivity index (χ0v) is 9.77. The van der Waals surface area contributed by atoms with Crippen LogP contribution in [-0.4, -0.2) is 39.9 Å². The van der Waals surface area contributed by atoms with Crippen molar-refractivity contribution < 1.29 is 0 Å². The summed E-state index contributed by atoms with van der Waals surface area (Å²) in [4.78, 5) is 2.49. The van der Waals surface area contributed by atoms with Gasteiger partial charge in [-0.05, 0) is 19.9 Å². The van der Waals surface area contributed by atoms with E-state index in [1.807, 2.05) is 17.9 Å². The molecule has 4 nitrogen and oxygen atoms in total. The number of aryl methyl sites for hydroxylation is 1. The van der Waals surface area contributed by atoms with Gasteiger partial charge in [-0.25, -0.2) is 0 Å². The molecule has 2 unspecified atom stereocenters. The molecule has 2 atom stereocenters. The molecule has 0 amide bonds. The zero-order chi connectivity index (χ0) is 10.8. The second-order valence-corrected chi connectivity index (χ2v) is 4.57. The molecule has 0 bridgehead atoms. The Hall–Kier alpha value is -0.870.